The van der Waals surface area contributed by atoms with E-state index < -0.39 is 18.8 Å². The number of imide groups is 1. The van der Waals surface area contributed by atoms with Crippen LogP contribution in [0.5, 0.6) is 0 Å². The van der Waals surface area contributed by atoms with Crippen molar-refractivity contribution in [3.63, 3.8) is 0 Å². The molecule has 0 atom stereocenters. The first-order valence-electron chi connectivity index (χ1n) is 4.62. The Morgan fingerprint density at radius 1 is 1.38 bits per heavy atom. The Labute approximate surface area is 89.5 Å². The molecule has 1 aliphatic rings. The molecule has 1 heterocycles. The largest absolute Gasteiger partial charge is 0.411 e. The second-order valence-corrected chi connectivity index (χ2v) is 3.26. The molecule has 0 aliphatic carbocycles. The molecule has 0 aromatic carbocycles. The lowest BCUT2D eigenvalue weighted by atomic mass is 10.3. The number of hydrogen-bond acceptors (Lipinski definition) is 3. The lowest BCUT2D eigenvalue weighted by Crippen LogP contribution is -2.50. The highest BCUT2D eigenvalue weighted by atomic mass is 19.4. The Bertz CT molecular complexity index is 280. The number of amides is 3. The highest BCUT2D eigenvalue weighted by Gasteiger charge is 2.28. The lowest BCUT2D eigenvalue weighted by molar-refractivity contribution is -0.174. The maximum atomic E-state index is 11.7. The molecule has 1 saturated heterocycles. The van der Waals surface area contributed by atoms with E-state index in [1.165, 1.54) is 4.90 Å². The molecular formula is C8H11F3N2O3. The van der Waals surface area contributed by atoms with Crippen molar-refractivity contribution < 1.29 is 27.5 Å². The smallest absolute Gasteiger partial charge is 0.370 e. The number of rotatable bonds is 4. The summed E-state index contributed by atoms with van der Waals surface area (Å²) in [4.78, 5) is 23.1. The van der Waals surface area contributed by atoms with Crippen molar-refractivity contribution >= 4 is 11.9 Å². The van der Waals surface area contributed by atoms with Gasteiger partial charge in [0.25, 0.3) is 0 Å². The van der Waals surface area contributed by atoms with Crippen molar-refractivity contribution in [1.29, 1.82) is 0 Å². The molecule has 1 N–H and O–H groups in total. The molecular weight excluding hydrogens is 229 g/mol. The van der Waals surface area contributed by atoms with Gasteiger partial charge in [0, 0.05) is 19.5 Å². The van der Waals surface area contributed by atoms with Gasteiger partial charge < -0.3 is 9.64 Å². The standard InChI is InChI=1S/C8H11F3N2O3/c9-8(10,11)5-16-4-3-13-2-1-6(14)12-7(13)15/h1-5H2,(H,12,14,15). The van der Waals surface area contributed by atoms with Gasteiger partial charge in [0.1, 0.15) is 6.61 Å². The molecule has 1 aliphatic heterocycles. The van der Waals surface area contributed by atoms with Crippen LogP contribution in [-0.4, -0.2) is 49.3 Å². The van der Waals surface area contributed by atoms with E-state index in [-0.39, 0.29) is 32.0 Å². The van der Waals surface area contributed by atoms with Crippen LogP contribution in [0.1, 0.15) is 6.42 Å². The molecule has 0 spiro atoms. The van der Waals surface area contributed by atoms with Crippen LogP contribution >= 0.6 is 0 Å². The molecule has 92 valence electrons. The van der Waals surface area contributed by atoms with Crippen molar-refractivity contribution in [1.82, 2.24) is 10.2 Å². The van der Waals surface area contributed by atoms with Gasteiger partial charge in [-0.25, -0.2) is 4.79 Å². The highest BCUT2D eigenvalue weighted by Crippen LogP contribution is 2.14. The molecule has 8 heteroatoms. The predicted molar refractivity (Wildman–Crippen MR) is 46.6 cm³/mol. The summed E-state index contributed by atoms with van der Waals surface area (Å²) < 4.78 is 39.4. The van der Waals surface area contributed by atoms with Gasteiger partial charge in [-0.1, -0.05) is 0 Å². The Kier molecular flexibility index (Phi) is 4.11. The molecule has 1 fully saturated rings. The normalized spacial score (nSPS) is 17.6. The summed E-state index contributed by atoms with van der Waals surface area (Å²) in [5.74, 6) is -0.377. The van der Waals surface area contributed by atoms with Gasteiger partial charge in [0.05, 0.1) is 6.61 Å². The summed E-state index contributed by atoms with van der Waals surface area (Å²) in [6.07, 6.45) is -4.20. The number of nitrogens with one attached hydrogen (secondary N) is 1. The molecule has 0 unspecified atom stereocenters. The summed E-state index contributed by atoms with van der Waals surface area (Å²) in [6.45, 7) is -1.29. The minimum atomic E-state index is -4.36. The van der Waals surface area contributed by atoms with Crippen LogP contribution in [0.3, 0.4) is 0 Å². The fraction of sp³-hybridized carbons (Fsp3) is 0.750. The zero-order valence-corrected chi connectivity index (χ0v) is 8.34. The number of carbonyl (C=O) groups excluding carboxylic acids is 2. The van der Waals surface area contributed by atoms with E-state index in [1.54, 1.807) is 0 Å². The third-order valence-electron chi connectivity index (χ3n) is 1.91. The lowest BCUT2D eigenvalue weighted by Gasteiger charge is -2.26. The number of hydrogen-bond donors (Lipinski definition) is 1. The first-order chi connectivity index (χ1) is 7.38. The molecule has 3 amide bonds. The number of ether oxygens (including phenoxy) is 1. The quantitative estimate of drug-likeness (QED) is 0.728. The van der Waals surface area contributed by atoms with E-state index in [4.69, 9.17) is 0 Å². The minimum absolute atomic E-state index is 0.0369. The first kappa shape index (κ1) is 12.8. The zero-order chi connectivity index (χ0) is 12.2. The number of urea groups is 1. The van der Waals surface area contributed by atoms with Crippen molar-refractivity contribution in [3.05, 3.63) is 0 Å². The number of halogens is 3. The van der Waals surface area contributed by atoms with Crippen molar-refractivity contribution in [3.8, 4) is 0 Å². The second kappa shape index (κ2) is 5.15. The zero-order valence-electron chi connectivity index (χ0n) is 8.34. The summed E-state index contributed by atoms with van der Waals surface area (Å²) in [6, 6.07) is -0.591. The van der Waals surface area contributed by atoms with Gasteiger partial charge in [-0.2, -0.15) is 13.2 Å². The van der Waals surface area contributed by atoms with Crippen LogP contribution in [0, 0.1) is 0 Å². The molecule has 0 saturated carbocycles. The van der Waals surface area contributed by atoms with E-state index in [2.05, 4.69) is 10.1 Å². The molecule has 1 rings (SSSR count). The van der Waals surface area contributed by atoms with E-state index in [1.807, 2.05) is 0 Å². The SMILES string of the molecule is O=C1CCN(CCOCC(F)(F)F)C(=O)N1. The van der Waals surface area contributed by atoms with Crippen LogP contribution in [0.25, 0.3) is 0 Å². The molecule has 0 aromatic heterocycles. The van der Waals surface area contributed by atoms with E-state index in [9.17, 15) is 22.8 Å². The number of alkyl halides is 3. The van der Waals surface area contributed by atoms with E-state index >= 15 is 0 Å². The van der Waals surface area contributed by atoms with Crippen molar-refractivity contribution in [2.24, 2.45) is 0 Å². The Morgan fingerprint density at radius 3 is 2.62 bits per heavy atom. The molecule has 16 heavy (non-hydrogen) atoms. The summed E-state index contributed by atoms with van der Waals surface area (Å²) >= 11 is 0. The topological polar surface area (TPSA) is 58.6 Å². The van der Waals surface area contributed by atoms with E-state index in [0.717, 1.165) is 0 Å². The Morgan fingerprint density at radius 2 is 2.06 bits per heavy atom. The van der Waals surface area contributed by atoms with Crippen molar-refractivity contribution in [2.45, 2.75) is 12.6 Å². The first-order valence-corrected chi connectivity index (χ1v) is 4.62. The minimum Gasteiger partial charge on any atom is -0.370 e. The van der Waals surface area contributed by atoms with Gasteiger partial charge in [0.2, 0.25) is 5.91 Å². The van der Waals surface area contributed by atoms with Gasteiger partial charge in [-0.15, -0.1) is 0 Å². The third kappa shape index (κ3) is 4.47. The van der Waals surface area contributed by atoms with Crippen LogP contribution in [-0.2, 0) is 9.53 Å². The van der Waals surface area contributed by atoms with Crippen LogP contribution in [0.15, 0.2) is 0 Å². The predicted octanol–water partition coefficient (Wildman–Crippen LogP) is 0.507. The van der Waals surface area contributed by atoms with Crippen molar-refractivity contribution in [2.75, 3.05) is 26.3 Å². The van der Waals surface area contributed by atoms with E-state index in [0.29, 0.717) is 0 Å². The average molecular weight is 240 g/mol. The third-order valence-corrected chi connectivity index (χ3v) is 1.91. The van der Waals surface area contributed by atoms with Crippen LogP contribution in [0.2, 0.25) is 0 Å². The molecule has 0 radical (unpaired) electrons. The fourth-order valence-corrected chi connectivity index (χ4v) is 1.17. The monoisotopic (exact) mass is 240 g/mol. The van der Waals surface area contributed by atoms with Gasteiger partial charge >= 0.3 is 12.2 Å². The number of carbonyl (C=O) groups is 2. The average Bonchev–Trinajstić information content (AvgIpc) is 2.13. The fourth-order valence-electron chi connectivity index (χ4n) is 1.17. The second-order valence-electron chi connectivity index (χ2n) is 3.26. The summed E-state index contributed by atoms with van der Waals surface area (Å²) in [7, 11) is 0. The Hall–Kier alpha value is -1.31. The maximum absolute atomic E-state index is 11.7. The molecule has 5 nitrogen and oxygen atoms in total. The number of nitrogens with zero attached hydrogens (tertiary/aromatic N) is 1. The molecule has 0 bridgehead atoms. The summed E-state index contributed by atoms with van der Waals surface area (Å²) in [5.41, 5.74) is 0. The van der Waals surface area contributed by atoms with Crippen LogP contribution < -0.4 is 5.32 Å². The Balaban J connectivity index is 2.18. The van der Waals surface area contributed by atoms with Gasteiger partial charge in [0.15, 0.2) is 0 Å². The molecule has 0 aromatic rings. The van der Waals surface area contributed by atoms with Crippen LogP contribution in [0.4, 0.5) is 18.0 Å². The van der Waals surface area contributed by atoms with Gasteiger partial charge in [-0.3, -0.25) is 10.1 Å². The highest BCUT2D eigenvalue weighted by molar-refractivity contribution is 5.96. The summed E-state index contributed by atoms with van der Waals surface area (Å²) in [5, 5.41) is 2.06. The maximum Gasteiger partial charge on any atom is 0.411 e. The van der Waals surface area contributed by atoms with Gasteiger partial charge in [-0.05, 0) is 0 Å².